The van der Waals surface area contributed by atoms with Gasteiger partial charge in [-0.15, -0.1) is 0 Å². The third-order valence-electron chi connectivity index (χ3n) is 3.33. The summed E-state index contributed by atoms with van der Waals surface area (Å²) in [6.45, 7) is 7.83. The molecule has 0 fully saturated rings. The first-order valence-corrected chi connectivity index (χ1v) is 8.15. The molecule has 1 rings (SSSR count). The van der Waals surface area contributed by atoms with Gasteiger partial charge in [-0.3, -0.25) is 0 Å². The van der Waals surface area contributed by atoms with E-state index in [1.54, 1.807) is 14.0 Å². The Kier molecular flexibility index (Phi) is 7.49. The molecule has 120 valence electrons. The van der Waals surface area contributed by atoms with Gasteiger partial charge in [-0.05, 0) is 59.9 Å². The number of benzene rings is 1. The van der Waals surface area contributed by atoms with Gasteiger partial charge in [0.2, 0.25) is 0 Å². The third-order valence-corrected chi connectivity index (χ3v) is 3.92. The number of nitrogens with one attached hydrogen (secondary N) is 1. The van der Waals surface area contributed by atoms with Crippen LogP contribution in [0.3, 0.4) is 0 Å². The summed E-state index contributed by atoms with van der Waals surface area (Å²) in [7, 11) is 1.62. The second-order valence-corrected chi connectivity index (χ2v) is 6.28. The van der Waals surface area contributed by atoms with Gasteiger partial charge in [0, 0.05) is 6.54 Å². The van der Waals surface area contributed by atoms with Crippen molar-refractivity contribution in [3.63, 3.8) is 0 Å². The Morgan fingerprint density at radius 2 is 2.05 bits per heavy atom. The Bertz CT molecular complexity index is 449. The van der Waals surface area contributed by atoms with Crippen LogP contribution in [0.4, 0.5) is 0 Å². The molecule has 0 aliphatic rings. The molecule has 0 spiro atoms. The van der Waals surface area contributed by atoms with Crippen LogP contribution < -0.4 is 14.8 Å². The van der Waals surface area contributed by atoms with Gasteiger partial charge < -0.3 is 19.9 Å². The van der Waals surface area contributed by atoms with E-state index in [9.17, 15) is 5.11 Å². The van der Waals surface area contributed by atoms with E-state index >= 15 is 0 Å². The lowest BCUT2D eigenvalue weighted by molar-refractivity contribution is 0.00750. The minimum Gasteiger partial charge on any atom is -0.493 e. The maximum Gasteiger partial charge on any atom is 0.175 e. The minimum atomic E-state index is -0.841. The number of rotatable bonds is 9. The van der Waals surface area contributed by atoms with E-state index in [-0.39, 0.29) is 6.61 Å². The molecular weight excluding hydrogens is 334 g/mol. The molecule has 0 aliphatic heterocycles. The largest absolute Gasteiger partial charge is 0.493 e. The summed E-state index contributed by atoms with van der Waals surface area (Å²) in [6.07, 6.45) is 1.73. The van der Waals surface area contributed by atoms with Crippen molar-refractivity contribution in [2.45, 2.75) is 45.8 Å². The summed E-state index contributed by atoms with van der Waals surface area (Å²) in [5.74, 6) is 1.30. The van der Waals surface area contributed by atoms with E-state index in [0.717, 1.165) is 29.5 Å². The molecule has 2 N–H and O–H groups in total. The summed E-state index contributed by atoms with van der Waals surface area (Å²) < 4.78 is 12.0. The predicted octanol–water partition coefficient (Wildman–Crippen LogP) is 3.50. The van der Waals surface area contributed by atoms with Gasteiger partial charge in [-0.2, -0.15) is 0 Å². The molecule has 1 aromatic rings. The molecule has 0 heterocycles. The maximum atomic E-state index is 10.0. The van der Waals surface area contributed by atoms with Crippen molar-refractivity contribution in [3.8, 4) is 11.5 Å². The van der Waals surface area contributed by atoms with Crippen molar-refractivity contribution in [1.29, 1.82) is 0 Å². The molecule has 0 saturated heterocycles. The monoisotopic (exact) mass is 359 g/mol. The van der Waals surface area contributed by atoms with Crippen LogP contribution in [0, 0.1) is 0 Å². The van der Waals surface area contributed by atoms with Crippen LogP contribution in [0.25, 0.3) is 0 Å². The van der Waals surface area contributed by atoms with Crippen molar-refractivity contribution in [3.05, 3.63) is 22.2 Å². The fraction of sp³-hybridized carbons (Fsp3) is 0.625. The highest BCUT2D eigenvalue weighted by molar-refractivity contribution is 9.10. The summed E-state index contributed by atoms with van der Waals surface area (Å²) in [5.41, 5.74) is 0.285. The van der Waals surface area contributed by atoms with E-state index < -0.39 is 5.60 Å². The van der Waals surface area contributed by atoms with Crippen LogP contribution in [-0.2, 0) is 6.54 Å². The first kappa shape index (κ1) is 18.3. The molecular formula is C16H26BrNO3. The Hall–Kier alpha value is -0.780. The second-order valence-electron chi connectivity index (χ2n) is 5.42. The highest BCUT2D eigenvalue weighted by Gasteiger charge is 2.21. The van der Waals surface area contributed by atoms with Gasteiger partial charge in [-0.25, -0.2) is 0 Å². The Morgan fingerprint density at radius 1 is 1.33 bits per heavy atom. The zero-order chi connectivity index (χ0) is 15.9. The smallest absolute Gasteiger partial charge is 0.175 e. The lowest BCUT2D eigenvalue weighted by Gasteiger charge is -2.23. The molecule has 1 aromatic carbocycles. The lowest BCUT2D eigenvalue weighted by atomic mass is 10.1. The van der Waals surface area contributed by atoms with Gasteiger partial charge in [0.15, 0.2) is 11.5 Å². The maximum absolute atomic E-state index is 10.0. The minimum absolute atomic E-state index is 0.228. The molecule has 0 aromatic heterocycles. The van der Waals surface area contributed by atoms with E-state index in [2.05, 4.69) is 28.2 Å². The average Bonchev–Trinajstić information content (AvgIpc) is 2.46. The fourth-order valence-electron chi connectivity index (χ4n) is 1.75. The number of hydrogen-bond acceptors (Lipinski definition) is 4. The molecule has 1 unspecified atom stereocenters. The lowest BCUT2D eigenvalue weighted by Crippen LogP contribution is -2.31. The Morgan fingerprint density at radius 3 is 2.62 bits per heavy atom. The van der Waals surface area contributed by atoms with Crippen molar-refractivity contribution in [1.82, 2.24) is 5.32 Å². The van der Waals surface area contributed by atoms with Gasteiger partial charge in [0.1, 0.15) is 6.61 Å². The summed E-state index contributed by atoms with van der Waals surface area (Å²) in [4.78, 5) is 0. The Balaban J connectivity index is 2.84. The molecule has 0 aliphatic carbocycles. The molecule has 4 nitrogen and oxygen atoms in total. The molecule has 1 atom stereocenters. The molecule has 0 bridgehead atoms. The fourth-order valence-corrected chi connectivity index (χ4v) is 2.36. The SMILES string of the molecule is CCCNCc1cc(Br)c(OCC(C)(O)CC)c(OC)c1. The average molecular weight is 360 g/mol. The van der Waals surface area contributed by atoms with Crippen LogP contribution in [0.15, 0.2) is 16.6 Å². The summed E-state index contributed by atoms with van der Waals surface area (Å²) in [6, 6.07) is 3.98. The predicted molar refractivity (Wildman–Crippen MR) is 89.1 cm³/mol. The van der Waals surface area contributed by atoms with Gasteiger partial charge >= 0.3 is 0 Å². The molecule has 0 saturated carbocycles. The van der Waals surface area contributed by atoms with Crippen molar-refractivity contribution in [2.24, 2.45) is 0 Å². The number of ether oxygens (including phenoxy) is 2. The number of aliphatic hydroxyl groups is 1. The Labute approximate surface area is 136 Å². The van der Waals surface area contributed by atoms with Crippen LogP contribution in [0.1, 0.15) is 39.2 Å². The quantitative estimate of drug-likeness (QED) is 0.662. The third kappa shape index (κ3) is 5.85. The normalized spacial score (nSPS) is 13.8. The highest BCUT2D eigenvalue weighted by Crippen LogP contribution is 2.37. The van der Waals surface area contributed by atoms with Crippen molar-refractivity contribution >= 4 is 15.9 Å². The van der Waals surface area contributed by atoms with E-state index in [1.165, 1.54) is 0 Å². The van der Waals surface area contributed by atoms with Gasteiger partial charge in [0.25, 0.3) is 0 Å². The molecule has 0 amide bonds. The van der Waals surface area contributed by atoms with E-state index in [4.69, 9.17) is 9.47 Å². The molecule has 5 heteroatoms. The number of methoxy groups -OCH3 is 1. The zero-order valence-electron chi connectivity index (χ0n) is 13.3. The number of hydrogen-bond donors (Lipinski definition) is 2. The number of halogens is 1. The molecule has 0 radical (unpaired) electrons. The van der Waals surface area contributed by atoms with Crippen LogP contribution in [-0.4, -0.2) is 31.0 Å². The van der Waals surface area contributed by atoms with E-state index in [0.29, 0.717) is 17.9 Å². The zero-order valence-corrected chi connectivity index (χ0v) is 14.9. The van der Waals surface area contributed by atoms with Crippen molar-refractivity contribution in [2.75, 3.05) is 20.3 Å². The van der Waals surface area contributed by atoms with Crippen LogP contribution in [0.5, 0.6) is 11.5 Å². The second kappa shape index (κ2) is 8.61. The summed E-state index contributed by atoms with van der Waals surface area (Å²) >= 11 is 3.52. The van der Waals surface area contributed by atoms with Crippen LogP contribution in [0.2, 0.25) is 0 Å². The first-order valence-electron chi connectivity index (χ1n) is 7.35. The topological polar surface area (TPSA) is 50.7 Å². The van der Waals surface area contributed by atoms with Gasteiger partial charge in [-0.1, -0.05) is 13.8 Å². The summed E-state index contributed by atoms with van der Waals surface area (Å²) in [5, 5.41) is 13.4. The standard InChI is InChI=1S/C16H26BrNO3/c1-5-7-18-10-12-8-13(17)15(14(9-12)20-4)21-11-16(3,19)6-2/h8-9,18-19H,5-7,10-11H2,1-4H3. The first-order chi connectivity index (χ1) is 9.93. The highest BCUT2D eigenvalue weighted by atomic mass is 79.9. The van der Waals surface area contributed by atoms with E-state index in [1.807, 2.05) is 19.1 Å². The van der Waals surface area contributed by atoms with Gasteiger partial charge in [0.05, 0.1) is 17.2 Å². The van der Waals surface area contributed by atoms with Crippen LogP contribution >= 0.6 is 15.9 Å². The van der Waals surface area contributed by atoms with Crippen molar-refractivity contribution < 1.29 is 14.6 Å². The molecule has 21 heavy (non-hydrogen) atoms.